The van der Waals surface area contributed by atoms with Gasteiger partial charge in [-0.25, -0.2) is 0 Å². The minimum Gasteiger partial charge on any atom is -0.484 e. The molecular formula is C17H25BrN2O2. The summed E-state index contributed by atoms with van der Waals surface area (Å²) in [4.78, 5) is 14.3. The Morgan fingerprint density at radius 2 is 2.18 bits per heavy atom. The second-order valence-corrected chi connectivity index (χ2v) is 7.05. The largest absolute Gasteiger partial charge is 0.484 e. The van der Waals surface area contributed by atoms with Crippen LogP contribution in [-0.2, 0) is 4.79 Å². The molecule has 0 radical (unpaired) electrons. The molecule has 1 N–H and O–H groups in total. The number of piperidine rings is 1. The van der Waals surface area contributed by atoms with Crippen LogP contribution in [0.1, 0.15) is 26.7 Å². The van der Waals surface area contributed by atoms with Crippen LogP contribution in [0.2, 0.25) is 0 Å². The first-order chi connectivity index (χ1) is 10.5. The number of carbonyl (C=O) groups is 1. The van der Waals surface area contributed by atoms with Crippen molar-refractivity contribution < 1.29 is 9.53 Å². The van der Waals surface area contributed by atoms with E-state index < -0.39 is 0 Å². The van der Waals surface area contributed by atoms with E-state index in [0.29, 0.717) is 18.3 Å². The third-order valence-electron chi connectivity index (χ3n) is 4.09. The van der Waals surface area contributed by atoms with Crippen molar-refractivity contribution in [1.82, 2.24) is 10.2 Å². The van der Waals surface area contributed by atoms with E-state index in [9.17, 15) is 4.79 Å². The van der Waals surface area contributed by atoms with Gasteiger partial charge < -0.3 is 10.1 Å². The van der Waals surface area contributed by atoms with Crippen molar-refractivity contribution in [2.24, 2.45) is 5.92 Å². The fourth-order valence-corrected chi connectivity index (χ4v) is 3.01. The van der Waals surface area contributed by atoms with Crippen LogP contribution in [0.3, 0.4) is 0 Å². The van der Waals surface area contributed by atoms with Gasteiger partial charge in [0.05, 0.1) is 0 Å². The van der Waals surface area contributed by atoms with Crippen LogP contribution in [0.25, 0.3) is 0 Å². The molecule has 5 heteroatoms. The van der Waals surface area contributed by atoms with Crippen molar-refractivity contribution in [3.05, 3.63) is 28.7 Å². The number of hydrogen-bond donors (Lipinski definition) is 1. The van der Waals surface area contributed by atoms with Gasteiger partial charge in [-0.3, -0.25) is 9.69 Å². The zero-order chi connectivity index (χ0) is 15.9. The fraction of sp³-hybridized carbons (Fsp3) is 0.588. The van der Waals surface area contributed by atoms with Crippen LogP contribution in [0.4, 0.5) is 0 Å². The number of carbonyl (C=O) groups excluding carboxylic acids is 1. The first-order valence-electron chi connectivity index (χ1n) is 7.93. The van der Waals surface area contributed by atoms with Crippen LogP contribution < -0.4 is 10.1 Å². The molecule has 0 bridgehead atoms. The molecule has 1 saturated heterocycles. The van der Waals surface area contributed by atoms with E-state index in [4.69, 9.17) is 4.74 Å². The molecule has 1 amide bonds. The molecule has 122 valence electrons. The van der Waals surface area contributed by atoms with Gasteiger partial charge in [-0.1, -0.05) is 22.9 Å². The highest BCUT2D eigenvalue weighted by Gasteiger charge is 2.21. The molecule has 1 fully saturated rings. The smallest absolute Gasteiger partial charge is 0.257 e. The molecular weight excluding hydrogens is 344 g/mol. The lowest BCUT2D eigenvalue weighted by atomic mass is 9.99. The molecule has 1 aliphatic rings. The number of ether oxygens (including phenoxy) is 1. The van der Waals surface area contributed by atoms with Gasteiger partial charge in [-0.15, -0.1) is 0 Å². The third kappa shape index (κ3) is 5.61. The lowest BCUT2D eigenvalue weighted by molar-refractivity contribution is -0.123. The van der Waals surface area contributed by atoms with E-state index in [-0.39, 0.29) is 12.5 Å². The summed E-state index contributed by atoms with van der Waals surface area (Å²) >= 11 is 3.37. The van der Waals surface area contributed by atoms with E-state index in [1.54, 1.807) is 0 Å². The van der Waals surface area contributed by atoms with Crippen molar-refractivity contribution in [2.75, 3.05) is 26.2 Å². The molecule has 1 heterocycles. The zero-order valence-corrected chi connectivity index (χ0v) is 14.9. The molecule has 1 aliphatic heterocycles. The number of hydrogen-bond acceptors (Lipinski definition) is 3. The zero-order valence-electron chi connectivity index (χ0n) is 13.3. The van der Waals surface area contributed by atoms with Crippen molar-refractivity contribution in [3.63, 3.8) is 0 Å². The lowest BCUT2D eigenvalue weighted by Crippen LogP contribution is -2.46. The van der Waals surface area contributed by atoms with Gasteiger partial charge >= 0.3 is 0 Å². The van der Waals surface area contributed by atoms with Gasteiger partial charge in [0.25, 0.3) is 5.91 Å². The molecule has 22 heavy (non-hydrogen) atoms. The molecule has 0 aliphatic carbocycles. The van der Waals surface area contributed by atoms with Crippen molar-refractivity contribution in [1.29, 1.82) is 0 Å². The Morgan fingerprint density at radius 1 is 1.45 bits per heavy atom. The maximum Gasteiger partial charge on any atom is 0.257 e. The Morgan fingerprint density at radius 3 is 2.86 bits per heavy atom. The molecule has 2 rings (SSSR count). The highest BCUT2D eigenvalue weighted by molar-refractivity contribution is 9.10. The Bertz CT molecular complexity index is 478. The van der Waals surface area contributed by atoms with Gasteiger partial charge in [0.15, 0.2) is 6.61 Å². The SMILES string of the molecule is C[C@@H]1CCCN([C@H](C)CNC(=O)COc2ccc(Br)cc2)C1. The summed E-state index contributed by atoms with van der Waals surface area (Å²) in [6.07, 6.45) is 2.57. The summed E-state index contributed by atoms with van der Waals surface area (Å²) in [5.41, 5.74) is 0. The van der Waals surface area contributed by atoms with E-state index in [1.165, 1.54) is 12.8 Å². The van der Waals surface area contributed by atoms with E-state index in [0.717, 1.165) is 23.5 Å². The summed E-state index contributed by atoms with van der Waals surface area (Å²) < 4.78 is 6.47. The molecule has 2 atom stereocenters. The summed E-state index contributed by atoms with van der Waals surface area (Å²) in [5, 5.41) is 2.96. The quantitative estimate of drug-likeness (QED) is 0.838. The number of amides is 1. The van der Waals surface area contributed by atoms with E-state index >= 15 is 0 Å². The Balaban J connectivity index is 1.67. The maximum absolute atomic E-state index is 11.9. The number of rotatable bonds is 6. The van der Waals surface area contributed by atoms with Gasteiger partial charge in [0.2, 0.25) is 0 Å². The number of nitrogens with zero attached hydrogens (tertiary/aromatic N) is 1. The fourth-order valence-electron chi connectivity index (χ4n) is 2.75. The Hall–Kier alpha value is -1.07. The second-order valence-electron chi connectivity index (χ2n) is 6.14. The average Bonchev–Trinajstić information content (AvgIpc) is 2.52. The predicted molar refractivity (Wildman–Crippen MR) is 92.1 cm³/mol. The van der Waals surface area contributed by atoms with Gasteiger partial charge in [0.1, 0.15) is 5.75 Å². The standard InChI is InChI=1S/C17H25BrN2O2/c1-13-4-3-9-20(11-13)14(2)10-19-17(21)12-22-16-7-5-15(18)6-8-16/h5-8,13-14H,3-4,9-12H2,1-2H3,(H,19,21)/t13-,14-/m1/s1. The van der Waals surface area contributed by atoms with Crippen LogP contribution in [0.5, 0.6) is 5.75 Å². The Labute approximate surface area is 141 Å². The normalized spacial score (nSPS) is 20.4. The predicted octanol–water partition coefficient (Wildman–Crippen LogP) is 3.06. The Kier molecular flexibility index (Phi) is 6.70. The minimum absolute atomic E-state index is 0.0603. The highest BCUT2D eigenvalue weighted by Crippen LogP contribution is 2.17. The average molecular weight is 369 g/mol. The first-order valence-corrected chi connectivity index (χ1v) is 8.73. The van der Waals surface area contributed by atoms with Crippen molar-refractivity contribution in [2.45, 2.75) is 32.7 Å². The van der Waals surface area contributed by atoms with Crippen molar-refractivity contribution in [3.8, 4) is 5.75 Å². The van der Waals surface area contributed by atoms with E-state index in [1.807, 2.05) is 24.3 Å². The van der Waals surface area contributed by atoms with Gasteiger partial charge in [0, 0.05) is 23.6 Å². The maximum atomic E-state index is 11.9. The highest BCUT2D eigenvalue weighted by atomic mass is 79.9. The topological polar surface area (TPSA) is 41.6 Å². The molecule has 0 unspecified atom stereocenters. The van der Waals surface area contributed by atoms with Gasteiger partial charge in [-0.05, 0) is 56.5 Å². The van der Waals surface area contributed by atoms with E-state index in [2.05, 4.69) is 40.0 Å². The monoisotopic (exact) mass is 368 g/mol. The third-order valence-corrected chi connectivity index (χ3v) is 4.62. The van der Waals surface area contributed by atoms with Gasteiger partial charge in [-0.2, -0.15) is 0 Å². The number of likely N-dealkylation sites (tertiary alicyclic amines) is 1. The molecule has 1 aromatic carbocycles. The summed E-state index contributed by atoms with van der Waals surface area (Å²) in [7, 11) is 0. The lowest BCUT2D eigenvalue weighted by Gasteiger charge is -2.35. The van der Waals surface area contributed by atoms with Crippen molar-refractivity contribution >= 4 is 21.8 Å². The van der Waals surface area contributed by atoms with Crippen LogP contribution >= 0.6 is 15.9 Å². The van der Waals surface area contributed by atoms with Crippen LogP contribution in [0, 0.1) is 5.92 Å². The summed E-state index contributed by atoms with van der Waals surface area (Å²) in [5.74, 6) is 1.39. The summed E-state index contributed by atoms with van der Waals surface area (Å²) in [6, 6.07) is 7.85. The minimum atomic E-state index is -0.0696. The molecule has 1 aromatic rings. The van der Waals surface area contributed by atoms with Crippen LogP contribution in [-0.4, -0.2) is 43.1 Å². The molecule has 0 spiro atoms. The van der Waals surface area contributed by atoms with Crippen LogP contribution in [0.15, 0.2) is 28.7 Å². The number of nitrogens with one attached hydrogen (secondary N) is 1. The molecule has 4 nitrogen and oxygen atoms in total. The number of halogens is 1. The number of benzene rings is 1. The molecule has 0 aromatic heterocycles. The molecule has 0 saturated carbocycles. The summed E-state index contributed by atoms with van der Waals surface area (Å²) in [6.45, 7) is 7.47. The first kappa shape index (κ1) is 17.3. The second kappa shape index (κ2) is 8.53.